The summed E-state index contributed by atoms with van der Waals surface area (Å²) in [5.74, 6) is -2.09. The molecule has 1 aromatic heterocycles. The fraction of sp³-hybridized carbons (Fsp3) is 0.207. The van der Waals surface area contributed by atoms with E-state index in [-0.39, 0.29) is 23.8 Å². The summed E-state index contributed by atoms with van der Waals surface area (Å²) in [5, 5.41) is 39.2. The molecule has 7 rings (SSSR count). The van der Waals surface area contributed by atoms with Gasteiger partial charge in [0.15, 0.2) is 11.2 Å². The minimum Gasteiger partial charge on any atom is -0.510 e. The summed E-state index contributed by atoms with van der Waals surface area (Å²) >= 11 is 3.19. The molecule has 0 amide bonds. The molecule has 0 radical (unpaired) electrons. The number of aryl methyl sites for hydroxylation is 1. The van der Waals surface area contributed by atoms with Gasteiger partial charge in [0.05, 0.1) is 68.0 Å². The van der Waals surface area contributed by atoms with Crippen molar-refractivity contribution in [2.45, 2.75) is 18.3 Å². The number of phenols is 1. The van der Waals surface area contributed by atoms with E-state index in [4.69, 9.17) is 4.74 Å². The van der Waals surface area contributed by atoms with Gasteiger partial charge in [-0.3, -0.25) is 24.0 Å². The van der Waals surface area contributed by atoms with Crippen molar-refractivity contribution in [3.63, 3.8) is 0 Å². The average molecular weight is 662 g/mol. The zero-order valence-corrected chi connectivity index (χ0v) is 24.2. The number of pyridine rings is 1. The SMILES string of the molecule is COc1cc(=O)c2c(=O)c3c(c(=O)c=2c1=O)=C(O)[C@]1(CCc2cc4cc(C=NNC5=NCCN5)n(Br)c(=O)c4c(O)c21)C=3O. The molecule has 14 nitrogen and oxygen atoms in total. The standard InChI is InChI=1S/C29H20BrN5O9/c1-44-14-8-13(36)16-17(21(14)37)23(39)19-18(22(16)38)25(41)29(26(19)42)3-2-10-6-11-7-12(9-33-34-28-31-4-5-32-28)35(30)27(43)15(11)24(40)20(10)29/h6-9,40-42H,2-5H2,1H3,(H2,31,32,34)/t29-/m0/s1. The molecular formula is C29H20BrN5O9. The van der Waals surface area contributed by atoms with Crippen molar-refractivity contribution < 1.29 is 20.1 Å². The van der Waals surface area contributed by atoms with Gasteiger partial charge >= 0.3 is 0 Å². The summed E-state index contributed by atoms with van der Waals surface area (Å²) in [7, 11) is 1.12. The van der Waals surface area contributed by atoms with Crippen LogP contribution in [0.3, 0.4) is 0 Å². The smallest absolute Gasteiger partial charge is 0.272 e. The number of aliphatic hydroxyl groups excluding tert-OH is 2. The van der Waals surface area contributed by atoms with Crippen molar-refractivity contribution in [2.24, 2.45) is 10.1 Å². The number of aliphatic imine (C=N–C) groups is 1. The highest BCUT2D eigenvalue weighted by Gasteiger charge is 2.53. The summed E-state index contributed by atoms with van der Waals surface area (Å²) in [6, 6.07) is 3.97. The van der Waals surface area contributed by atoms with Crippen LogP contribution >= 0.6 is 16.1 Å². The molecular weight excluding hydrogens is 642 g/mol. The van der Waals surface area contributed by atoms with E-state index < -0.39 is 76.6 Å². The molecule has 5 N–H and O–H groups in total. The van der Waals surface area contributed by atoms with E-state index >= 15 is 0 Å². The molecule has 0 saturated heterocycles. The van der Waals surface area contributed by atoms with Gasteiger partial charge in [-0.15, -0.1) is 0 Å². The van der Waals surface area contributed by atoms with Gasteiger partial charge < -0.3 is 25.4 Å². The van der Waals surface area contributed by atoms with Gasteiger partial charge in [-0.2, -0.15) is 5.10 Å². The molecule has 0 saturated carbocycles. The Morgan fingerprint density at radius 1 is 1.02 bits per heavy atom. The van der Waals surface area contributed by atoms with Gasteiger partial charge in [-0.25, -0.2) is 14.0 Å². The number of hydrogen-bond acceptors (Lipinski definition) is 13. The number of guanidine groups is 1. The maximum Gasteiger partial charge on any atom is 0.272 e. The minimum absolute atomic E-state index is 0.0701. The van der Waals surface area contributed by atoms with Gasteiger partial charge in [0.1, 0.15) is 22.7 Å². The van der Waals surface area contributed by atoms with Crippen LogP contribution < -0.4 is 53.2 Å². The van der Waals surface area contributed by atoms with E-state index in [9.17, 15) is 39.3 Å². The second kappa shape index (κ2) is 9.34. The molecule has 44 heavy (non-hydrogen) atoms. The third-order valence-electron chi connectivity index (χ3n) is 8.44. The Hall–Kier alpha value is -5.31. The highest BCUT2D eigenvalue weighted by atomic mass is 79.9. The van der Waals surface area contributed by atoms with Crippen molar-refractivity contribution in [2.75, 3.05) is 20.2 Å². The molecule has 1 atom stereocenters. The van der Waals surface area contributed by atoms with E-state index in [1.807, 2.05) is 0 Å². The molecule has 1 aromatic carbocycles. The summed E-state index contributed by atoms with van der Waals surface area (Å²) in [5.41, 5.74) is -3.51. The Balaban J connectivity index is 1.50. The predicted molar refractivity (Wildman–Crippen MR) is 162 cm³/mol. The quantitative estimate of drug-likeness (QED) is 0.120. The van der Waals surface area contributed by atoms with Crippen LogP contribution in [0.2, 0.25) is 0 Å². The molecule has 1 spiro atoms. The molecule has 2 aromatic rings. The second-order valence-electron chi connectivity index (χ2n) is 10.6. The summed E-state index contributed by atoms with van der Waals surface area (Å²) in [6.07, 6.45) is 1.43. The van der Waals surface area contributed by atoms with E-state index in [2.05, 4.69) is 37.0 Å². The van der Waals surface area contributed by atoms with Crippen molar-refractivity contribution in [3.8, 4) is 11.5 Å². The number of halogens is 1. The second-order valence-corrected chi connectivity index (χ2v) is 11.3. The first kappa shape index (κ1) is 27.5. The van der Waals surface area contributed by atoms with Crippen LogP contribution in [0.5, 0.6) is 11.5 Å². The highest BCUT2D eigenvalue weighted by Crippen LogP contribution is 2.54. The number of ether oxygens (including phenoxy) is 1. The maximum atomic E-state index is 13.6. The Morgan fingerprint density at radius 3 is 2.39 bits per heavy atom. The molecule has 0 unspecified atom stereocenters. The third kappa shape index (κ3) is 3.37. The van der Waals surface area contributed by atoms with Gasteiger partial charge in [0.25, 0.3) is 5.56 Å². The number of aromatic nitrogens is 1. The van der Waals surface area contributed by atoms with Crippen molar-refractivity contribution in [3.05, 3.63) is 107 Å². The first-order chi connectivity index (χ1) is 21.0. The Bertz CT molecular complexity index is 2550. The predicted octanol–water partition coefficient (Wildman–Crippen LogP) is -1.97. The number of benzene rings is 1. The van der Waals surface area contributed by atoms with Crippen LogP contribution in [-0.2, 0) is 11.8 Å². The molecule has 15 heteroatoms. The lowest BCUT2D eigenvalue weighted by Crippen LogP contribution is -2.51. The lowest BCUT2D eigenvalue weighted by Gasteiger charge is -2.27. The van der Waals surface area contributed by atoms with E-state index in [1.54, 1.807) is 12.1 Å². The summed E-state index contributed by atoms with van der Waals surface area (Å²) in [4.78, 5) is 70.6. The molecule has 0 fully saturated rings. The topological polar surface area (TPSA) is 209 Å². The number of rotatable bonds is 3. The lowest BCUT2D eigenvalue weighted by molar-refractivity contribution is 0.362. The van der Waals surface area contributed by atoms with Gasteiger partial charge in [0.2, 0.25) is 22.2 Å². The van der Waals surface area contributed by atoms with Gasteiger partial charge in [0, 0.05) is 18.2 Å². The number of methoxy groups -OCH3 is 1. The number of aromatic hydroxyl groups is 1. The third-order valence-corrected chi connectivity index (χ3v) is 9.17. The number of hydrazone groups is 1. The zero-order valence-electron chi connectivity index (χ0n) is 22.6. The summed E-state index contributed by atoms with van der Waals surface area (Å²) in [6.45, 7) is 1.27. The van der Waals surface area contributed by atoms with Gasteiger partial charge in [-0.05, 0) is 29.9 Å². The van der Waals surface area contributed by atoms with Crippen molar-refractivity contribution in [1.82, 2.24) is 14.3 Å². The summed E-state index contributed by atoms with van der Waals surface area (Å²) < 4.78 is 5.96. The molecule has 222 valence electrons. The number of nitrogens with zero attached hydrogens (tertiary/aromatic N) is 3. The highest BCUT2D eigenvalue weighted by molar-refractivity contribution is 9.08. The number of aliphatic hydroxyl groups is 2. The van der Waals surface area contributed by atoms with Gasteiger partial charge in [-0.1, -0.05) is 6.07 Å². The first-order valence-corrected chi connectivity index (χ1v) is 14.0. The monoisotopic (exact) mass is 661 g/mol. The fourth-order valence-corrected chi connectivity index (χ4v) is 6.88. The van der Waals surface area contributed by atoms with Crippen LogP contribution in [0.4, 0.5) is 0 Å². The minimum atomic E-state index is -1.98. The molecule has 2 heterocycles. The van der Waals surface area contributed by atoms with Crippen molar-refractivity contribution >= 4 is 50.6 Å². The number of nitrogens with one attached hydrogen (secondary N) is 2. The molecule has 0 bridgehead atoms. The fourth-order valence-electron chi connectivity index (χ4n) is 6.51. The van der Waals surface area contributed by atoms with Crippen LogP contribution in [0.15, 0.2) is 52.3 Å². The molecule has 4 aliphatic carbocycles. The zero-order chi connectivity index (χ0) is 31.2. The van der Waals surface area contributed by atoms with E-state index in [0.717, 1.165) is 16.8 Å². The largest absolute Gasteiger partial charge is 0.510 e. The number of hydrogen-bond donors (Lipinski definition) is 5. The maximum absolute atomic E-state index is 13.6. The van der Waals surface area contributed by atoms with Crippen LogP contribution in [0.1, 0.15) is 23.2 Å². The Morgan fingerprint density at radius 2 is 1.73 bits per heavy atom. The number of phenolic OH excluding ortho intramolecular Hbond substituents is 1. The van der Waals surface area contributed by atoms with E-state index in [0.29, 0.717) is 35.7 Å². The average Bonchev–Trinajstić information content (AvgIpc) is 3.70. The number of fused-ring (bicyclic) bond motifs is 4. The van der Waals surface area contributed by atoms with Crippen LogP contribution in [-0.4, -0.2) is 51.3 Å². The van der Waals surface area contributed by atoms with Crippen LogP contribution in [0, 0.1) is 10.4 Å². The Labute approximate surface area is 251 Å². The van der Waals surface area contributed by atoms with E-state index in [1.165, 1.54) is 6.21 Å². The molecule has 1 aliphatic heterocycles. The Kier molecular flexibility index (Phi) is 5.84. The molecule has 5 aliphatic rings. The van der Waals surface area contributed by atoms with Crippen molar-refractivity contribution in [1.29, 1.82) is 0 Å². The normalized spacial score (nSPS) is 18.8. The lowest BCUT2D eigenvalue weighted by atomic mass is 9.78. The first-order valence-electron chi connectivity index (χ1n) is 13.3. The van der Waals surface area contributed by atoms with Crippen LogP contribution in [0.25, 0.3) is 22.3 Å².